The summed E-state index contributed by atoms with van der Waals surface area (Å²) in [5, 5.41) is 13.3. The van der Waals surface area contributed by atoms with Crippen molar-refractivity contribution < 1.29 is 29.4 Å². The predicted molar refractivity (Wildman–Crippen MR) is 79.9 cm³/mol. The van der Waals surface area contributed by atoms with Crippen LogP contribution in [0.2, 0.25) is 0 Å². The predicted octanol–water partition coefficient (Wildman–Crippen LogP) is -4.21. The molecule has 0 radical (unpaired) electrons. The third-order valence-corrected chi connectivity index (χ3v) is 13.3. The molecule has 0 aliphatic carbocycles. The van der Waals surface area contributed by atoms with E-state index in [0.29, 0.717) is 0 Å². The summed E-state index contributed by atoms with van der Waals surface area (Å²) in [7, 11) is 11.5. The van der Waals surface area contributed by atoms with Gasteiger partial charge in [0.05, 0.1) is 0 Å². The fraction of sp³-hybridized carbons (Fsp3) is 0.500. The quantitative estimate of drug-likeness (QED) is 0.313. The minimum absolute atomic E-state index is 0.153. The Balaban J connectivity index is 0.000000220. The number of nitrogens with one attached hydrogen (secondary N) is 2. The van der Waals surface area contributed by atoms with Crippen LogP contribution in [0.1, 0.15) is 0 Å². The van der Waals surface area contributed by atoms with Gasteiger partial charge in [-0.2, -0.15) is 0 Å². The molecule has 2 heterocycles. The van der Waals surface area contributed by atoms with E-state index in [4.69, 9.17) is 29.5 Å². The third kappa shape index (κ3) is 6.04. The van der Waals surface area contributed by atoms with Gasteiger partial charge in [-0.15, -0.1) is 0 Å². The second-order valence-electron chi connectivity index (χ2n) is 4.32. The first-order valence-corrected chi connectivity index (χ1v) is 17.0. The number of rotatable bonds is 4. The van der Waals surface area contributed by atoms with Crippen LogP contribution in [0.5, 0.6) is 0 Å². The van der Waals surface area contributed by atoms with E-state index < -0.39 is 43.3 Å². The number of carbonyl (C=O) groups excluding carboxylic acids is 4. The first-order chi connectivity index (χ1) is 10.2. The molecule has 14 heteroatoms. The van der Waals surface area contributed by atoms with Gasteiger partial charge < -0.3 is 0 Å². The molecule has 2 rings (SSSR count). The molecule has 0 saturated carbocycles. The van der Waals surface area contributed by atoms with Gasteiger partial charge in [0.25, 0.3) is 0 Å². The molecule has 0 aromatic rings. The van der Waals surface area contributed by atoms with Crippen LogP contribution in [0.4, 0.5) is 0 Å². The normalized spacial score (nSPS) is 17.7. The van der Waals surface area contributed by atoms with Crippen LogP contribution in [-0.4, -0.2) is 98.8 Å². The van der Waals surface area contributed by atoms with E-state index in [2.05, 4.69) is 8.05 Å². The summed E-state index contributed by atoms with van der Waals surface area (Å²) in [5.41, 5.74) is 0. The Kier molecular flexibility index (Phi) is 8.12. The Morgan fingerprint density at radius 3 is 1.45 bits per heavy atom. The number of hydrogen-bond acceptors (Lipinski definition) is 6. The second-order valence-corrected chi connectivity index (χ2v) is 15.8. The van der Waals surface area contributed by atoms with Crippen molar-refractivity contribution in [3.8, 4) is 0 Å². The second kappa shape index (κ2) is 9.07. The standard InChI is InChI=1S/2C4H7N2O3.2ClH.2Ga/c2*5-1-3(7)6-2-4(8)9;;;;/h2*5H,1-2H2,(H2,6,7,8,9);2*1H;;/q2*-1;;;2*+3/p-2. The third-order valence-electron chi connectivity index (χ3n) is 2.66. The monoisotopic (exact) mass is 470 g/mol. The molecule has 2 aliphatic heterocycles. The van der Waals surface area contributed by atoms with E-state index >= 15 is 0 Å². The topological polar surface area (TPSA) is 145 Å². The molecule has 0 aromatic heterocycles. The van der Waals surface area contributed by atoms with E-state index in [0.717, 1.165) is 0 Å². The minimum atomic E-state index is -2.36. The van der Waals surface area contributed by atoms with Crippen molar-refractivity contribution in [1.29, 1.82) is 0 Å². The van der Waals surface area contributed by atoms with Gasteiger partial charge in [-0.25, -0.2) is 0 Å². The van der Waals surface area contributed by atoms with Crippen LogP contribution < -0.4 is 8.05 Å². The molecule has 120 valence electrons. The van der Waals surface area contributed by atoms with Crippen molar-refractivity contribution in [2.24, 2.45) is 0 Å². The van der Waals surface area contributed by atoms with E-state index in [9.17, 15) is 19.2 Å². The molecule has 0 aromatic carbocycles. The van der Waals surface area contributed by atoms with Crippen LogP contribution in [-0.2, 0) is 19.2 Å². The molecule has 2 amide bonds. The summed E-state index contributed by atoms with van der Waals surface area (Å²) >= 11 is -4.72. The summed E-state index contributed by atoms with van der Waals surface area (Å²) in [6.45, 7) is 0.142. The Bertz CT molecular complexity index is 442. The maximum absolute atomic E-state index is 10.9. The Hall–Kier alpha value is -0.347. The number of carbonyl (C=O) groups is 4. The fourth-order valence-corrected chi connectivity index (χ4v) is 9.49. The average molecular weight is 473 g/mol. The molecule has 2 fully saturated rings. The molecule has 10 nitrogen and oxygen atoms in total. The van der Waals surface area contributed by atoms with Crippen LogP contribution in [0, 0.1) is 0 Å². The van der Waals surface area contributed by atoms with Gasteiger partial charge in [-0.05, 0) is 0 Å². The maximum atomic E-state index is 10.9. The van der Waals surface area contributed by atoms with Crippen molar-refractivity contribution in [1.82, 2.24) is 15.3 Å². The Morgan fingerprint density at radius 1 is 0.955 bits per heavy atom. The molecule has 22 heavy (non-hydrogen) atoms. The first kappa shape index (κ1) is 19.7. The van der Waals surface area contributed by atoms with E-state index in [-0.39, 0.29) is 38.0 Å². The summed E-state index contributed by atoms with van der Waals surface area (Å²) in [5.74, 6) is -1.85. The molecular formula is C8H14Cl2Ga2N4O6+2. The fourth-order valence-electron chi connectivity index (χ4n) is 1.67. The molecule has 0 spiro atoms. The molecule has 6 N–H and O–H groups in total. The number of halogens is 2. The van der Waals surface area contributed by atoms with Gasteiger partial charge in [0.2, 0.25) is 0 Å². The van der Waals surface area contributed by atoms with Gasteiger partial charge in [0, 0.05) is 0 Å². The van der Waals surface area contributed by atoms with E-state index in [1.165, 1.54) is 7.21 Å². The van der Waals surface area contributed by atoms with Gasteiger partial charge in [0.1, 0.15) is 0 Å². The van der Waals surface area contributed by atoms with E-state index in [1.54, 1.807) is 0 Å². The number of nitrogens with zero attached hydrogens (tertiary/aromatic N) is 2. The molecular weight excluding hydrogens is 458 g/mol. The summed E-state index contributed by atoms with van der Waals surface area (Å²) in [6.07, 6.45) is 0. The first-order valence-electron chi connectivity index (χ1n) is 6.05. The van der Waals surface area contributed by atoms with Crippen molar-refractivity contribution in [3.63, 3.8) is 0 Å². The summed E-state index contributed by atoms with van der Waals surface area (Å²) in [4.78, 5) is 42.4. The SMILES string of the molecule is O=C([OH2+])C[N]1C(=O)C[NH][Ga]1[Cl].O=C([OH2+])C[N]1C(=O)C[NH][Ga]1[Cl]. The van der Waals surface area contributed by atoms with Crippen molar-refractivity contribution >= 4 is 74.4 Å². The number of hydrogen-bond donors (Lipinski definition) is 2. The van der Waals surface area contributed by atoms with Gasteiger partial charge >= 0.3 is 145 Å². The van der Waals surface area contributed by atoms with Crippen LogP contribution in [0.25, 0.3) is 0 Å². The van der Waals surface area contributed by atoms with Gasteiger partial charge in [0.15, 0.2) is 0 Å². The molecule has 0 atom stereocenters. The van der Waals surface area contributed by atoms with E-state index in [1.807, 2.05) is 0 Å². The van der Waals surface area contributed by atoms with Crippen LogP contribution in [0.15, 0.2) is 0 Å². The zero-order chi connectivity index (χ0) is 16.9. The summed E-state index contributed by atoms with van der Waals surface area (Å²) in [6, 6.07) is 0. The van der Waals surface area contributed by atoms with Crippen molar-refractivity contribution in [2.45, 2.75) is 0 Å². The molecule has 2 aliphatic rings. The molecule has 0 unspecified atom stereocenters. The Morgan fingerprint density at radius 2 is 1.27 bits per heavy atom. The van der Waals surface area contributed by atoms with Crippen molar-refractivity contribution in [3.05, 3.63) is 0 Å². The summed E-state index contributed by atoms with van der Waals surface area (Å²) < 4.78 is 8.26. The van der Waals surface area contributed by atoms with Gasteiger partial charge in [-0.3, -0.25) is 0 Å². The van der Waals surface area contributed by atoms with Gasteiger partial charge in [-0.1, -0.05) is 0 Å². The molecule has 0 bridgehead atoms. The zero-order valence-electron chi connectivity index (χ0n) is 11.3. The Labute approximate surface area is 144 Å². The zero-order valence-corrected chi connectivity index (χ0v) is 17.6. The average Bonchev–Trinajstić information content (AvgIpc) is 2.89. The number of amides is 2. The van der Waals surface area contributed by atoms with Crippen LogP contribution >= 0.6 is 19.3 Å². The van der Waals surface area contributed by atoms with Crippen LogP contribution in [0.3, 0.4) is 0 Å². The van der Waals surface area contributed by atoms with Crippen molar-refractivity contribution in [2.75, 3.05) is 26.2 Å². The molecule has 2 saturated heterocycles.